The Labute approximate surface area is 93.4 Å². The van der Waals surface area contributed by atoms with E-state index in [0.717, 1.165) is 0 Å². The summed E-state index contributed by atoms with van der Waals surface area (Å²) in [6.07, 6.45) is 1.71. The number of anilines is 1. The molecule has 15 heavy (non-hydrogen) atoms. The topological polar surface area (TPSA) is 49.3 Å². The second-order valence-corrected chi connectivity index (χ2v) is 3.56. The zero-order valence-corrected chi connectivity index (χ0v) is 9.30. The number of phenols is 1. The number of rotatable bonds is 2. The molecule has 1 aromatic rings. The Bertz CT molecular complexity index is 393. The summed E-state index contributed by atoms with van der Waals surface area (Å²) in [4.78, 5) is 11.5. The van der Waals surface area contributed by atoms with Gasteiger partial charge in [0.2, 0.25) is 0 Å². The lowest BCUT2D eigenvalue weighted by atomic mass is 10.2. The number of carbonyl (C=O) groups is 1. The molecule has 0 unspecified atom stereocenters. The van der Waals surface area contributed by atoms with Gasteiger partial charge in [-0.2, -0.15) is 0 Å². The van der Waals surface area contributed by atoms with Crippen LogP contribution >= 0.6 is 11.6 Å². The maximum Gasteiger partial charge on any atom is 0.250 e. The van der Waals surface area contributed by atoms with Gasteiger partial charge in [0.1, 0.15) is 5.75 Å². The van der Waals surface area contributed by atoms with Gasteiger partial charge in [0, 0.05) is 22.3 Å². The minimum absolute atomic E-state index is 0.0240. The lowest BCUT2D eigenvalue weighted by Gasteiger charge is -2.06. The fourth-order valence-electron chi connectivity index (χ4n) is 1.01. The molecule has 0 aliphatic carbocycles. The van der Waals surface area contributed by atoms with Crippen molar-refractivity contribution < 1.29 is 9.90 Å². The lowest BCUT2D eigenvalue weighted by molar-refractivity contribution is -0.112. The Morgan fingerprint density at radius 2 is 2.13 bits per heavy atom. The maximum absolute atomic E-state index is 11.5. The highest BCUT2D eigenvalue weighted by Crippen LogP contribution is 2.23. The fraction of sp³-hybridized carbons (Fsp3) is 0.182. The van der Waals surface area contributed by atoms with E-state index in [0.29, 0.717) is 16.3 Å². The SMILES string of the molecule is CC=C(C)C(=O)Nc1cc(O)cc(Cl)c1. The van der Waals surface area contributed by atoms with Crippen molar-refractivity contribution in [1.29, 1.82) is 0 Å². The zero-order chi connectivity index (χ0) is 11.4. The van der Waals surface area contributed by atoms with Crippen LogP contribution in [0.5, 0.6) is 5.75 Å². The normalized spacial score (nSPS) is 11.3. The molecule has 1 rings (SSSR count). The zero-order valence-electron chi connectivity index (χ0n) is 8.54. The summed E-state index contributed by atoms with van der Waals surface area (Å²) in [5.74, 6) is -0.185. The minimum atomic E-state index is -0.209. The maximum atomic E-state index is 11.5. The minimum Gasteiger partial charge on any atom is -0.508 e. The van der Waals surface area contributed by atoms with Gasteiger partial charge >= 0.3 is 0 Å². The molecule has 0 saturated heterocycles. The second kappa shape index (κ2) is 4.84. The van der Waals surface area contributed by atoms with E-state index < -0.39 is 0 Å². The van der Waals surface area contributed by atoms with E-state index in [1.54, 1.807) is 26.0 Å². The van der Waals surface area contributed by atoms with Crippen LogP contribution in [0.4, 0.5) is 5.69 Å². The van der Waals surface area contributed by atoms with Gasteiger partial charge in [0.25, 0.3) is 5.91 Å². The first kappa shape index (κ1) is 11.6. The van der Waals surface area contributed by atoms with Crippen molar-refractivity contribution in [2.75, 3.05) is 5.32 Å². The van der Waals surface area contributed by atoms with Gasteiger partial charge in [-0.1, -0.05) is 17.7 Å². The quantitative estimate of drug-likeness (QED) is 0.761. The van der Waals surface area contributed by atoms with E-state index in [2.05, 4.69) is 5.32 Å². The third-order valence-electron chi connectivity index (χ3n) is 1.93. The molecule has 0 aliphatic rings. The molecular weight excluding hydrogens is 214 g/mol. The lowest BCUT2D eigenvalue weighted by Crippen LogP contribution is -2.12. The van der Waals surface area contributed by atoms with E-state index >= 15 is 0 Å². The van der Waals surface area contributed by atoms with Crippen LogP contribution in [0.15, 0.2) is 29.8 Å². The van der Waals surface area contributed by atoms with Gasteiger partial charge in [-0.25, -0.2) is 0 Å². The summed E-state index contributed by atoms with van der Waals surface area (Å²) >= 11 is 5.72. The van der Waals surface area contributed by atoms with Crippen LogP contribution in [0.25, 0.3) is 0 Å². The van der Waals surface area contributed by atoms with Crippen LogP contribution in [0.3, 0.4) is 0 Å². The summed E-state index contributed by atoms with van der Waals surface area (Å²) in [6, 6.07) is 4.41. The van der Waals surface area contributed by atoms with Crippen LogP contribution in [0.2, 0.25) is 5.02 Å². The molecule has 2 N–H and O–H groups in total. The summed E-state index contributed by atoms with van der Waals surface area (Å²) in [7, 11) is 0. The Morgan fingerprint density at radius 3 is 2.67 bits per heavy atom. The van der Waals surface area contributed by atoms with Gasteiger partial charge in [-0.15, -0.1) is 0 Å². The van der Waals surface area contributed by atoms with E-state index in [9.17, 15) is 9.90 Å². The molecule has 0 atom stereocenters. The Hall–Kier alpha value is -1.48. The number of allylic oxidation sites excluding steroid dienone is 1. The predicted octanol–water partition coefficient (Wildman–Crippen LogP) is 2.95. The molecule has 1 aromatic carbocycles. The van der Waals surface area contributed by atoms with Gasteiger partial charge in [0.15, 0.2) is 0 Å². The summed E-state index contributed by atoms with van der Waals surface area (Å²) < 4.78 is 0. The van der Waals surface area contributed by atoms with Crippen molar-refractivity contribution in [2.45, 2.75) is 13.8 Å². The summed E-state index contributed by atoms with van der Waals surface area (Å²) in [6.45, 7) is 3.49. The van der Waals surface area contributed by atoms with Crippen LogP contribution in [0.1, 0.15) is 13.8 Å². The monoisotopic (exact) mass is 225 g/mol. The number of aromatic hydroxyl groups is 1. The van der Waals surface area contributed by atoms with Gasteiger partial charge < -0.3 is 10.4 Å². The molecule has 0 aliphatic heterocycles. The van der Waals surface area contributed by atoms with Gasteiger partial charge in [-0.3, -0.25) is 4.79 Å². The number of amides is 1. The average molecular weight is 226 g/mol. The molecule has 80 valence electrons. The molecule has 0 aromatic heterocycles. The van der Waals surface area contributed by atoms with Gasteiger partial charge in [-0.05, 0) is 26.0 Å². The molecule has 0 heterocycles. The highest BCUT2D eigenvalue weighted by molar-refractivity contribution is 6.31. The Kier molecular flexibility index (Phi) is 3.74. The highest BCUT2D eigenvalue weighted by atomic mass is 35.5. The van der Waals surface area contributed by atoms with Crippen LogP contribution in [-0.2, 0) is 4.79 Å². The van der Waals surface area contributed by atoms with Gasteiger partial charge in [0.05, 0.1) is 0 Å². The van der Waals surface area contributed by atoms with E-state index in [1.165, 1.54) is 12.1 Å². The molecular formula is C11H12ClNO2. The summed E-state index contributed by atoms with van der Waals surface area (Å²) in [5.41, 5.74) is 1.08. The average Bonchev–Trinajstić information content (AvgIpc) is 2.14. The number of halogens is 1. The van der Waals surface area contributed by atoms with Crippen molar-refractivity contribution in [1.82, 2.24) is 0 Å². The first-order chi connectivity index (χ1) is 7.02. The smallest absolute Gasteiger partial charge is 0.250 e. The molecule has 0 bridgehead atoms. The van der Waals surface area contributed by atoms with Crippen LogP contribution in [-0.4, -0.2) is 11.0 Å². The molecule has 0 spiro atoms. The first-order valence-electron chi connectivity index (χ1n) is 4.46. The summed E-state index contributed by atoms with van der Waals surface area (Å²) in [5, 5.41) is 12.3. The number of nitrogens with one attached hydrogen (secondary N) is 1. The standard InChI is InChI=1S/C11H12ClNO2/c1-3-7(2)11(15)13-9-4-8(12)5-10(14)6-9/h3-6,14H,1-2H3,(H,13,15). The molecule has 1 amide bonds. The molecule has 0 radical (unpaired) electrons. The molecule has 0 saturated carbocycles. The van der Waals surface area contributed by atoms with Crippen molar-refractivity contribution in [3.05, 3.63) is 34.9 Å². The fourth-order valence-corrected chi connectivity index (χ4v) is 1.24. The van der Waals surface area contributed by atoms with Crippen molar-refractivity contribution >= 4 is 23.2 Å². The third kappa shape index (κ3) is 3.29. The van der Waals surface area contributed by atoms with E-state index in [4.69, 9.17) is 11.6 Å². The highest BCUT2D eigenvalue weighted by Gasteiger charge is 2.05. The Balaban J connectivity index is 2.86. The molecule has 3 nitrogen and oxygen atoms in total. The number of hydrogen-bond acceptors (Lipinski definition) is 2. The number of hydrogen-bond donors (Lipinski definition) is 2. The van der Waals surface area contributed by atoms with E-state index in [1.807, 2.05) is 0 Å². The van der Waals surface area contributed by atoms with Crippen molar-refractivity contribution in [3.63, 3.8) is 0 Å². The first-order valence-corrected chi connectivity index (χ1v) is 4.84. The number of carbonyl (C=O) groups excluding carboxylic acids is 1. The number of phenolic OH excluding ortho intramolecular Hbond substituents is 1. The second-order valence-electron chi connectivity index (χ2n) is 3.12. The number of benzene rings is 1. The Morgan fingerprint density at radius 1 is 1.47 bits per heavy atom. The van der Waals surface area contributed by atoms with Crippen LogP contribution < -0.4 is 5.32 Å². The molecule has 0 fully saturated rings. The largest absolute Gasteiger partial charge is 0.508 e. The third-order valence-corrected chi connectivity index (χ3v) is 2.15. The van der Waals surface area contributed by atoms with Crippen molar-refractivity contribution in [2.24, 2.45) is 0 Å². The van der Waals surface area contributed by atoms with E-state index in [-0.39, 0.29) is 11.7 Å². The molecule has 4 heteroatoms. The van der Waals surface area contributed by atoms with Crippen molar-refractivity contribution in [3.8, 4) is 5.75 Å². The van der Waals surface area contributed by atoms with Crippen LogP contribution in [0, 0.1) is 0 Å². The predicted molar refractivity (Wildman–Crippen MR) is 61.2 cm³/mol.